The second-order valence-corrected chi connectivity index (χ2v) is 8.00. The van der Waals surface area contributed by atoms with Crippen molar-refractivity contribution in [2.24, 2.45) is 0 Å². The maximum Gasteiger partial charge on any atom is 0.288 e. The van der Waals surface area contributed by atoms with Crippen LogP contribution in [0.2, 0.25) is 5.02 Å². The summed E-state index contributed by atoms with van der Waals surface area (Å²) in [7, 11) is 0. The van der Waals surface area contributed by atoms with Gasteiger partial charge in [-0.25, -0.2) is 4.98 Å². The van der Waals surface area contributed by atoms with Crippen molar-refractivity contribution in [3.63, 3.8) is 0 Å². The Morgan fingerprint density at radius 2 is 2.07 bits per heavy atom. The molecule has 1 aliphatic rings. The van der Waals surface area contributed by atoms with Gasteiger partial charge in [-0.2, -0.15) is 0 Å². The molecule has 154 valence electrons. The molecule has 1 aliphatic heterocycles. The summed E-state index contributed by atoms with van der Waals surface area (Å²) in [5, 5.41) is 14.2. The molecule has 2 aromatic carbocycles. The van der Waals surface area contributed by atoms with Gasteiger partial charge in [-0.15, -0.1) is 0 Å². The Hall–Kier alpha value is -3.01. The predicted octanol–water partition coefficient (Wildman–Crippen LogP) is 4.35. The Balaban J connectivity index is 1.45. The predicted molar refractivity (Wildman–Crippen MR) is 118 cm³/mol. The van der Waals surface area contributed by atoms with E-state index in [0.29, 0.717) is 23.9 Å². The second-order valence-electron chi connectivity index (χ2n) is 6.56. The molecule has 0 aliphatic carbocycles. The molecule has 0 atom stereocenters. The van der Waals surface area contributed by atoms with Crippen LogP contribution in [0.15, 0.2) is 42.5 Å². The summed E-state index contributed by atoms with van der Waals surface area (Å²) in [6.07, 6.45) is 2.79. The van der Waals surface area contributed by atoms with E-state index >= 15 is 0 Å². The lowest BCUT2D eigenvalue weighted by Crippen LogP contribution is -2.36. The number of amides is 1. The fourth-order valence-electron chi connectivity index (χ4n) is 3.08. The average Bonchev–Trinajstić information content (AvgIpc) is 3.15. The summed E-state index contributed by atoms with van der Waals surface area (Å²) < 4.78 is 6.37. The average molecular weight is 445 g/mol. The number of benzene rings is 2. The highest BCUT2D eigenvalue weighted by Crippen LogP contribution is 2.30. The maximum absolute atomic E-state index is 12.2. The van der Waals surface area contributed by atoms with Crippen LogP contribution in [0.3, 0.4) is 0 Å². The number of morpholine rings is 1. The molecule has 0 saturated carbocycles. The molecule has 8 nitrogen and oxygen atoms in total. The van der Waals surface area contributed by atoms with Crippen LogP contribution in [0.5, 0.6) is 0 Å². The Bertz CT molecular complexity index is 1140. The third-order valence-electron chi connectivity index (χ3n) is 4.57. The maximum atomic E-state index is 12.2. The van der Waals surface area contributed by atoms with Gasteiger partial charge in [-0.1, -0.05) is 29.0 Å². The summed E-state index contributed by atoms with van der Waals surface area (Å²) in [6.45, 7) is 3.12. The molecule has 4 rings (SSSR count). The van der Waals surface area contributed by atoms with Crippen molar-refractivity contribution in [2.75, 3.05) is 36.5 Å². The minimum absolute atomic E-state index is 0.0486. The molecular weight excluding hydrogens is 428 g/mol. The second kappa shape index (κ2) is 8.78. The van der Waals surface area contributed by atoms with Crippen LogP contribution in [-0.2, 0) is 9.53 Å². The zero-order valence-corrected chi connectivity index (χ0v) is 17.3. The SMILES string of the molecule is O=C(/C=C/c1ccc(Cl)c([N+](=O)[O-])c1)Nc1nc2ccc(N3CCOCC3)cc2s1. The number of ether oxygens (including phenoxy) is 1. The quantitative estimate of drug-likeness (QED) is 0.357. The van der Waals surface area contributed by atoms with Crippen LogP contribution < -0.4 is 10.2 Å². The molecule has 0 radical (unpaired) electrons. The van der Waals surface area contributed by atoms with Crippen molar-refractivity contribution in [1.29, 1.82) is 0 Å². The van der Waals surface area contributed by atoms with Crippen LogP contribution in [0, 0.1) is 10.1 Å². The zero-order chi connectivity index (χ0) is 21.1. The molecule has 0 spiro atoms. The van der Waals surface area contributed by atoms with E-state index in [2.05, 4.69) is 21.3 Å². The third-order valence-corrected chi connectivity index (χ3v) is 5.83. The summed E-state index contributed by atoms with van der Waals surface area (Å²) in [5.74, 6) is -0.375. The van der Waals surface area contributed by atoms with Gasteiger partial charge in [0.25, 0.3) is 5.69 Å². The highest BCUT2D eigenvalue weighted by atomic mass is 35.5. The number of halogens is 1. The van der Waals surface area contributed by atoms with Crippen LogP contribution in [0.25, 0.3) is 16.3 Å². The molecule has 0 bridgehead atoms. The van der Waals surface area contributed by atoms with Crippen molar-refractivity contribution in [3.05, 3.63) is 63.2 Å². The number of thiazole rings is 1. The van der Waals surface area contributed by atoms with Crippen molar-refractivity contribution in [3.8, 4) is 0 Å². The number of nitro groups is 1. The smallest absolute Gasteiger partial charge is 0.288 e. The largest absolute Gasteiger partial charge is 0.378 e. The Labute approximate surface area is 180 Å². The van der Waals surface area contributed by atoms with E-state index in [-0.39, 0.29) is 16.6 Å². The van der Waals surface area contributed by atoms with Gasteiger partial charge in [0.05, 0.1) is 28.4 Å². The number of nitro benzene ring substituents is 1. The molecule has 1 aromatic heterocycles. The van der Waals surface area contributed by atoms with Gasteiger partial charge in [0, 0.05) is 30.9 Å². The molecule has 3 aromatic rings. The Morgan fingerprint density at radius 1 is 1.27 bits per heavy atom. The summed E-state index contributed by atoms with van der Waals surface area (Å²) >= 11 is 7.19. The molecule has 1 N–H and O–H groups in total. The van der Waals surface area contributed by atoms with Crippen LogP contribution in [0.1, 0.15) is 5.56 Å². The molecule has 0 unspecified atom stereocenters. The number of anilines is 2. The van der Waals surface area contributed by atoms with Crippen LogP contribution in [-0.4, -0.2) is 42.1 Å². The first kappa shape index (κ1) is 20.3. The first-order valence-corrected chi connectivity index (χ1v) is 10.4. The topological polar surface area (TPSA) is 97.6 Å². The first-order chi connectivity index (χ1) is 14.5. The zero-order valence-electron chi connectivity index (χ0n) is 15.7. The Kier molecular flexibility index (Phi) is 5.93. The van der Waals surface area contributed by atoms with E-state index < -0.39 is 4.92 Å². The Morgan fingerprint density at radius 3 is 2.83 bits per heavy atom. The van der Waals surface area contributed by atoms with E-state index in [0.717, 1.165) is 29.0 Å². The molecule has 1 fully saturated rings. The van der Waals surface area contributed by atoms with Crippen molar-refractivity contribution in [1.82, 2.24) is 4.98 Å². The summed E-state index contributed by atoms with van der Waals surface area (Å²) in [4.78, 5) is 29.4. The highest BCUT2D eigenvalue weighted by molar-refractivity contribution is 7.22. The highest BCUT2D eigenvalue weighted by Gasteiger charge is 2.14. The van der Waals surface area contributed by atoms with Gasteiger partial charge in [0.15, 0.2) is 5.13 Å². The van der Waals surface area contributed by atoms with E-state index in [1.165, 1.54) is 35.6 Å². The summed E-state index contributed by atoms with van der Waals surface area (Å²) in [6, 6.07) is 10.4. The lowest BCUT2D eigenvalue weighted by Gasteiger charge is -2.28. The molecule has 2 heterocycles. The van der Waals surface area contributed by atoms with E-state index in [1.54, 1.807) is 6.07 Å². The van der Waals surface area contributed by atoms with Gasteiger partial charge in [0.1, 0.15) is 5.02 Å². The standard InChI is InChI=1S/C20H17ClN4O4S/c21-15-4-1-13(11-17(15)25(27)28)2-6-19(26)23-20-22-16-5-3-14(12-18(16)30-20)24-7-9-29-10-8-24/h1-6,11-12H,7-10H2,(H,22,23,26)/b6-2+. The molecular formula is C20H17ClN4O4S. The van der Waals surface area contributed by atoms with Gasteiger partial charge >= 0.3 is 0 Å². The lowest BCUT2D eigenvalue weighted by molar-refractivity contribution is -0.384. The monoisotopic (exact) mass is 444 g/mol. The first-order valence-electron chi connectivity index (χ1n) is 9.16. The minimum Gasteiger partial charge on any atom is -0.378 e. The van der Waals surface area contributed by atoms with E-state index in [9.17, 15) is 14.9 Å². The number of hydrogen-bond donors (Lipinski definition) is 1. The number of fused-ring (bicyclic) bond motifs is 1. The van der Waals surface area contributed by atoms with Crippen molar-refractivity contribution >= 4 is 61.6 Å². The van der Waals surface area contributed by atoms with Gasteiger partial charge < -0.3 is 9.64 Å². The molecule has 1 saturated heterocycles. The number of carbonyl (C=O) groups is 1. The molecule has 30 heavy (non-hydrogen) atoms. The van der Waals surface area contributed by atoms with Crippen molar-refractivity contribution < 1.29 is 14.5 Å². The number of nitrogens with one attached hydrogen (secondary N) is 1. The van der Waals surface area contributed by atoms with Crippen LogP contribution >= 0.6 is 22.9 Å². The fourth-order valence-corrected chi connectivity index (χ4v) is 4.17. The number of rotatable bonds is 5. The normalized spacial score (nSPS) is 14.4. The van der Waals surface area contributed by atoms with Gasteiger partial charge in [0.2, 0.25) is 5.91 Å². The minimum atomic E-state index is -0.563. The molecule has 1 amide bonds. The molecule has 10 heteroatoms. The van der Waals surface area contributed by atoms with E-state index in [1.807, 2.05) is 12.1 Å². The van der Waals surface area contributed by atoms with Crippen LogP contribution in [0.4, 0.5) is 16.5 Å². The van der Waals surface area contributed by atoms with Gasteiger partial charge in [-0.05, 0) is 35.9 Å². The number of nitrogens with zero attached hydrogens (tertiary/aromatic N) is 3. The number of carbonyl (C=O) groups excluding carboxylic acids is 1. The van der Waals surface area contributed by atoms with Crippen molar-refractivity contribution in [2.45, 2.75) is 0 Å². The van der Waals surface area contributed by atoms with Gasteiger partial charge in [-0.3, -0.25) is 20.2 Å². The lowest BCUT2D eigenvalue weighted by atomic mass is 10.2. The third kappa shape index (κ3) is 4.59. The fraction of sp³-hybridized carbons (Fsp3) is 0.200. The van der Waals surface area contributed by atoms with E-state index in [4.69, 9.17) is 16.3 Å². The summed E-state index contributed by atoms with van der Waals surface area (Å²) in [5.41, 5.74) is 2.21. The number of aromatic nitrogens is 1. The number of hydrogen-bond acceptors (Lipinski definition) is 7.